The number of para-hydroxylation sites is 1. The summed E-state index contributed by atoms with van der Waals surface area (Å²) in [7, 11) is 0. The average Bonchev–Trinajstić information content (AvgIpc) is 3.75. The third-order valence-electron chi connectivity index (χ3n) is 12.1. The zero-order chi connectivity index (χ0) is 36.0. The molecule has 0 atom stereocenters. The minimum absolute atomic E-state index is 0.184. The van der Waals surface area contributed by atoms with Gasteiger partial charge < -0.3 is 4.90 Å². The maximum absolute atomic E-state index is 2.50. The van der Waals surface area contributed by atoms with E-state index in [1.165, 1.54) is 75.8 Å². The van der Waals surface area contributed by atoms with Gasteiger partial charge in [-0.05, 0) is 104 Å². The van der Waals surface area contributed by atoms with Crippen LogP contribution < -0.4 is 4.90 Å². The Morgan fingerprint density at radius 3 is 1.65 bits per heavy atom. The van der Waals surface area contributed by atoms with Gasteiger partial charge in [-0.25, -0.2) is 0 Å². The van der Waals surface area contributed by atoms with Crippen LogP contribution in [0.5, 0.6) is 0 Å². The second-order valence-corrected chi connectivity index (χ2v) is 16.4. The fourth-order valence-corrected chi connectivity index (χ4v) is 10.9. The lowest BCUT2D eigenvalue weighted by Crippen LogP contribution is -2.40. The van der Waals surface area contributed by atoms with Crippen molar-refractivity contribution in [1.29, 1.82) is 0 Å². The first-order chi connectivity index (χ1) is 26.5. The van der Waals surface area contributed by atoms with Crippen molar-refractivity contribution in [1.82, 2.24) is 0 Å². The zero-order valence-electron chi connectivity index (χ0n) is 30.3. The molecule has 0 radical (unpaired) electrons. The molecule has 0 bridgehead atoms. The number of hydrogen-bond donors (Lipinski definition) is 0. The molecule has 9 aromatic rings. The summed E-state index contributed by atoms with van der Waals surface area (Å²) in [5.41, 5.74) is 16.1. The fraction of sp³-hybridized carbons (Fsp3) is 0.0769. The van der Waals surface area contributed by atoms with Crippen LogP contribution in [0.15, 0.2) is 188 Å². The maximum Gasteiger partial charge on any atom is 0.0720 e. The van der Waals surface area contributed by atoms with Gasteiger partial charge in [-0.1, -0.05) is 153 Å². The Balaban J connectivity index is 1.10. The molecule has 0 unspecified atom stereocenters. The summed E-state index contributed by atoms with van der Waals surface area (Å²) in [4.78, 5) is 2.42. The van der Waals surface area contributed by atoms with E-state index in [1.807, 2.05) is 11.3 Å². The van der Waals surface area contributed by atoms with E-state index < -0.39 is 5.41 Å². The van der Waals surface area contributed by atoms with Crippen LogP contribution in [0, 0.1) is 0 Å². The van der Waals surface area contributed by atoms with Crippen molar-refractivity contribution in [3.63, 3.8) is 0 Å². The number of anilines is 3. The van der Waals surface area contributed by atoms with Crippen molar-refractivity contribution in [2.75, 3.05) is 4.90 Å². The van der Waals surface area contributed by atoms with Crippen molar-refractivity contribution >= 4 is 48.6 Å². The first kappa shape index (κ1) is 31.3. The van der Waals surface area contributed by atoms with Crippen LogP contribution >= 0.6 is 11.3 Å². The molecule has 11 rings (SSSR count). The fourth-order valence-electron chi connectivity index (χ4n) is 9.72. The second-order valence-electron chi connectivity index (χ2n) is 15.3. The Morgan fingerprint density at radius 2 is 0.907 bits per heavy atom. The SMILES string of the molecule is CC1(C)c2ccccc2C2(c3ccccc3-c3ccccc32)c2cc(N(c3ccccc3)c3ccc(-c4ccc5c(c4)sc4ccccc45)cc3)ccc21. The highest BCUT2D eigenvalue weighted by atomic mass is 32.1. The molecule has 2 aliphatic rings. The molecule has 1 aromatic heterocycles. The molecule has 0 saturated carbocycles. The first-order valence-electron chi connectivity index (χ1n) is 18.8. The Labute approximate surface area is 320 Å². The summed E-state index contributed by atoms with van der Waals surface area (Å²) in [6.45, 7) is 4.79. The minimum atomic E-state index is -0.442. The predicted octanol–water partition coefficient (Wildman–Crippen LogP) is 14.2. The van der Waals surface area contributed by atoms with Gasteiger partial charge in [-0.2, -0.15) is 0 Å². The quantitative estimate of drug-likeness (QED) is 0.176. The second kappa shape index (κ2) is 11.6. The number of thiophene rings is 1. The first-order valence-corrected chi connectivity index (χ1v) is 19.7. The molecule has 0 fully saturated rings. The third kappa shape index (κ3) is 4.32. The Bertz CT molecular complexity index is 2870. The van der Waals surface area contributed by atoms with Crippen LogP contribution in [0.4, 0.5) is 17.1 Å². The average molecular weight is 708 g/mol. The van der Waals surface area contributed by atoms with E-state index >= 15 is 0 Å². The van der Waals surface area contributed by atoms with Gasteiger partial charge in [0.25, 0.3) is 0 Å². The molecular weight excluding hydrogens is 671 g/mol. The molecule has 1 nitrogen and oxygen atoms in total. The monoisotopic (exact) mass is 707 g/mol. The van der Waals surface area contributed by atoms with Gasteiger partial charge in [0.2, 0.25) is 0 Å². The molecule has 1 spiro atoms. The van der Waals surface area contributed by atoms with Gasteiger partial charge in [0.05, 0.1) is 5.41 Å². The van der Waals surface area contributed by atoms with E-state index in [0.717, 1.165) is 17.1 Å². The number of rotatable bonds is 4. The molecule has 256 valence electrons. The molecule has 0 saturated heterocycles. The van der Waals surface area contributed by atoms with Gasteiger partial charge in [0, 0.05) is 42.6 Å². The van der Waals surface area contributed by atoms with Crippen LogP contribution in [0.3, 0.4) is 0 Å². The topological polar surface area (TPSA) is 3.24 Å². The van der Waals surface area contributed by atoms with Crippen LogP contribution in [0.2, 0.25) is 0 Å². The summed E-state index contributed by atoms with van der Waals surface area (Å²) >= 11 is 1.87. The number of benzene rings is 8. The van der Waals surface area contributed by atoms with Gasteiger partial charge in [0.15, 0.2) is 0 Å². The van der Waals surface area contributed by atoms with E-state index in [2.05, 4.69) is 207 Å². The normalized spacial score (nSPS) is 14.4. The van der Waals surface area contributed by atoms with Gasteiger partial charge >= 0.3 is 0 Å². The Hall–Kier alpha value is -6.22. The molecular formula is C52H37NS. The van der Waals surface area contributed by atoms with E-state index in [1.54, 1.807) is 0 Å². The molecule has 0 amide bonds. The molecule has 0 N–H and O–H groups in total. The van der Waals surface area contributed by atoms with Crippen molar-refractivity contribution in [2.45, 2.75) is 24.7 Å². The van der Waals surface area contributed by atoms with Crippen LogP contribution in [0.1, 0.15) is 47.2 Å². The summed E-state index contributed by atoms with van der Waals surface area (Å²) < 4.78 is 2.66. The molecule has 54 heavy (non-hydrogen) atoms. The molecule has 1 heterocycles. The largest absolute Gasteiger partial charge is 0.310 e. The van der Waals surface area contributed by atoms with Crippen LogP contribution in [-0.4, -0.2) is 0 Å². The maximum atomic E-state index is 2.50. The van der Waals surface area contributed by atoms with Gasteiger partial charge in [0.1, 0.15) is 0 Å². The summed E-state index contributed by atoms with van der Waals surface area (Å²) in [6.07, 6.45) is 0. The lowest BCUT2D eigenvalue weighted by Gasteiger charge is -2.47. The lowest BCUT2D eigenvalue weighted by molar-refractivity contribution is 0.563. The highest BCUT2D eigenvalue weighted by molar-refractivity contribution is 7.25. The predicted molar refractivity (Wildman–Crippen MR) is 229 cm³/mol. The highest BCUT2D eigenvalue weighted by Crippen LogP contribution is 2.62. The van der Waals surface area contributed by atoms with E-state index in [4.69, 9.17) is 0 Å². The molecule has 0 aliphatic heterocycles. The lowest BCUT2D eigenvalue weighted by atomic mass is 9.55. The Morgan fingerprint density at radius 1 is 0.370 bits per heavy atom. The number of fused-ring (bicyclic) bond motifs is 12. The van der Waals surface area contributed by atoms with Gasteiger partial charge in [-0.3, -0.25) is 0 Å². The van der Waals surface area contributed by atoms with Crippen molar-refractivity contribution < 1.29 is 0 Å². The van der Waals surface area contributed by atoms with Crippen molar-refractivity contribution in [3.05, 3.63) is 221 Å². The standard InChI is InChI=1S/C52H37NS/c1-51(2)45-21-11-12-22-47(45)52(43-19-9-6-16-39(43)40-17-7-10-20-44(40)52)48-33-38(29-31-46(48)51)53(36-14-4-3-5-15-36)37-27-24-34(25-28-37)35-26-30-42-41-18-8-13-23-49(41)54-50(42)32-35/h3-33H,1-2H3. The molecule has 2 aliphatic carbocycles. The van der Waals surface area contributed by atoms with Crippen molar-refractivity contribution in [2.24, 2.45) is 0 Å². The smallest absolute Gasteiger partial charge is 0.0720 e. The summed E-state index contributed by atoms with van der Waals surface area (Å²) in [5, 5.41) is 2.66. The van der Waals surface area contributed by atoms with Crippen LogP contribution in [0.25, 0.3) is 42.4 Å². The summed E-state index contributed by atoms with van der Waals surface area (Å²) in [6, 6.07) is 70.2. The van der Waals surface area contributed by atoms with Crippen LogP contribution in [-0.2, 0) is 10.8 Å². The highest BCUT2D eigenvalue weighted by Gasteiger charge is 2.53. The van der Waals surface area contributed by atoms with Crippen molar-refractivity contribution in [3.8, 4) is 22.3 Å². The zero-order valence-corrected chi connectivity index (χ0v) is 31.1. The molecule has 8 aromatic carbocycles. The van der Waals surface area contributed by atoms with E-state index in [0.29, 0.717) is 0 Å². The Kier molecular flexibility index (Phi) is 6.75. The number of hydrogen-bond acceptors (Lipinski definition) is 2. The van der Waals surface area contributed by atoms with E-state index in [-0.39, 0.29) is 5.41 Å². The summed E-state index contributed by atoms with van der Waals surface area (Å²) in [5.74, 6) is 0. The van der Waals surface area contributed by atoms with Gasteiger partial charge in [-0.15, -0.1) is 11.3 Å². The molecule has 2 heteroatoms. The third-order valence-corrected chi connectivity index (χ3v) is 13.3. The minimum Gasteiger partial charge on any atom is -0.310 e. The van der Waals surface area contributed by atoms with E-state index in [9.17, 15) is 0 Å². The number of nitrogens with zero attached hydrogens (tertiary/aromatic N) is 1.